The topological polar surface area (TPSA) is 83.9 Å². The quantitative estimate of drug-likeness (QED) is 0.606. The fourth-order valence-electron chi connectivity index (χ4n) is 1.12. The molecule has 0 saturated carbocycles. The molecule has 0 spiro atoms. The molecule has 0 aliphatic carbocycles. The summed E-state index contributed by atoms with van der Waals surface area (Å²) in [6.45, 7) is 0.0915. The number of rotatable bonds is 3. The molecule has 0 unspecified atom stereocenters. The summed E-state index contributed by atoms with van der Waals surface area (Å²) in [7, 11) is 0. The number of carboxylic acids is 1. The van der Waals surface area contributed by atoms with E-state index in [-0.39, 0.29) is 38.4 Å². The van der Waals surface area contributed by atoms with Crippen molar-refractivity contribution in [1.82, 2.24) is 4.90 Å². The Morgan fingerprint density at radius 2 is 2.21 bits per heavy atom. The summed E-state index contributed by atoms with van der Waals surface area (Å²) >= 11 is 0. The molecule has 1 aliphatic rings. The predicted octanol–water partition coefficient (Wildman–Crippen LogP) is -0.763. The molecule has 1 aliphatic heterocycles. The van der Waals surface area contributed by atoms with Gasteiger partial charge in [-0.05, 0) is 0 Å². The summed E-state index contributed by atoms with van der Waals surface area (Å²) in [5.41, 5.74) is 0. The predicted molar refractivity (Wildman–Crippen MR) is 44.4 cm³/mol. The van der Waals surface area contributed by atoms with Gasteiger partial charge >= 0.3 is 11.9 Å². The molecular weight excluding hydrogens is 190 g/mol. The summed E-state index contributed by atoms with van der Waals surface area (Å²) in [6, 6.07) is 0. The van der Waals surface area contributed by atoms with Gasteiger partial charge < -0.3 is 14.7 Å². The number of carbonyl (C=O) groups excluding carboxylic acids is 2. The molecule has 1 heterocycles. The van der Waals surface area contributed by atoms with Crippen molar-refractivity contribution in [3.8, 4) is 0 Å². The maximum atomic E-state index is 11.2. The number of hydrogen-bond acceptors (Lipinski definition) is 4. The lowest BCUT2D eigenvalue weighted by Crippen LogP contribution is -2.34. The van der Waals surface area contributed by atoms with E-state index in [1.165, 1.54) is 4.90 Å². The lowest BCUT2D eigenvalue weighted by Gasteiger charge is -2.17. The van der Waals surface area contributed by atoms with E-state index in [0.29, 0.717) is 0 Å². The average molecular weight is 201 g/mol. The zero-order valence-corrected chi connectivity index (χ0v) is 7.56. The normalized spacial score (nSPS) is 17.6. The van der Waals surface area contributed by atoms with Gasteiger partial charge in [0.15, 0.2) is 6.61 Å². The van der Waals surface area contributed by atoms with Crippen LogP contribution >= 0.6 is 0 Å². The highest BCUT2D eigenvalue weighted by atomic mass is 16.5. The first-order chi connectivity index (χ1) is 6.59. The van der Waals surface area contributed by atoms with E-state index in [1.807, 2.05) is 0 Å². The Morgan fingerprint density at radius 1 is 1.50 bits per heavy atom. The van der Waals surface area contributed by atoms with Crippen molar-refractivity contribution in [2.75, 3.05) is 19.7 Å². The number of carboxylic acid groups (broad SMARTS) is 1. The summed E-state index contributed by atoms with van der Waals surface area (Å²) in [4.78, 5) is 33.6. The fourth-order valence-corrected chi connectivity index (χ4v) is 1.12. The van der Waals surface area contributed by atoms with Crippen LogP contribution in [-0.2, 0) is 19.1 Å². The second-order valence-corrected chi connectivity index (χ2v) is 2.94. The first-order valence-corrected chi connectivity index (χ1v) is 4.25. The van der Waals surface area contributed by atoms with Crippen LogP contribution < -0.4 is 0 Å². The fraction of sp³-hybridized carbons (Fsp3) is 0.625. The van der Waals surface area contributed by atoms with Crippen LogP contribution in [0.2, 0.25) is 0 Å². The van der Waals surface area contributed by atoms with Gasteiger partial charge in [-0.3, -0.25) is 14.4 Å². The highest BCUT2D eigenvalue weighted by Gasteiger charge is 2.21. The van der Waals surface area contributed by atoms with E-state index in [4.69, 9.17) is 5.11 Å². The third kappa shape index (κ3) is 3.04. The van der Waals surface area contributed by atoms with Gasteiger partial charge in [0.05, 0.1) is 12.8 Å². The Balaban J connectivity index is 2.45. The van der Waals surface area contributed by atoms with Crippen molar-refractivity contribution < 1.29 is 24.2 Å². The molecule has 1 saturated heterocycles. The first kappa shape index (κ1) is 10.5. The van der Waals surface area contributed by atoms with Gasteiger partial charge in [-0.2, -0.15) is 0 Å². The van der Waals surface area contributed by atoms with Crippen molar-refractivity contribution in [2.45, 2.75) is 12.8 Å². The molecular formula is C8H11NO5. The largest absolute Gasteiger partial charge is 0.481 e. The third-order valence-corrected chi connectivity index (χ3v) is 1.89. The minimum absolute atomic E-state index is 0.111. The lowest BCUT2D eigenvalue weighted by atomic mass is 10.3. The molecule has 78 valence electrons. The van der Waals surface area contributed by atoms with Crippen LogP contribution in [0.4, 0.5) is 0 Å². The lowest BCUT2D eigenvalue weighted by molar-refractivity contribution is -0.147. The van der Waals surface area contributed by atoms with Crippen molar-refractivity contribution in [1.29, 1.82) is 0 Å². The molecule has 1 fully saturated rings. The second kappa shape index (κ2) is 4.59. The molecule has 1 rings (SSSR count). The van der Waals surface area contributed by atoms with E-state index in [0.717, 1.165) is 0 Å². The molecule has 0 aromatic heterocycles. The van der Waals surface area contributed by atoms with Gasteiger partial charge in [0, 0.05) is 13.1 Å². The van der Waals surface area contributed by atoms with Crippen molar-refractivity contribution in [3.05, 3.63) is 0 Å². The van der Waals surface area contributed by atoms with Crippen molar-refractivity contribution in [3.63, 3.8) is 0 Å². The molecule has 1 amide bonds. The summed E-state index contributed by atoms with van der Waals surface area (Å²) in [5.74, 6) is -1.72. The minimum Gasteiger partial charge on any atom is -0.481 e. The zero-order chi connectivity index (χ0) is 10.6. The third-order valence-electron chi connectivity index (χ3n) is 1.89. The Morgan fingerprint density at radius 3 is 2.86 bits per heavy atom. The maximum absolute atomic E-state index is 11.2. The van der Waals surface area contributed by atoms with E-state index in [9.17, 15) is 14.4 Å². The first-order valence-electron chi connectivity index (χ1n) is 4.25. The van der Waals surface area contributed by atoms with Crippen molar-refractivity contribution in [2.24, 2.45) is 0 Å². The van der Waals surface area contributed by atoms with Gasteiger partial charge in [0.25, 0.3) is 5.91 Å². The number of carbonyl (C=O) groups is 3. The Bertz CT molecular complexity index is 262. The molecule has 14 heavy (non-hydrogen) atoms. The Kier molecular flexibility index (Phi) is 3.44. The number of nitrogens with zero attached hydrogens (tertiary/aromatic N) is 1. The Labute approximate surface area is 80.4 Å². The number of esters is 1. The van der Waals surface area contributed by atoms with Crippen LogP contribution in [0.15, 0.2) is 0 Å². The van der Waals surface area contributed by atoms with Crippen molar-refractivity contribution >= 4 is 17.8 Å². The summed E-state index contributed by atoms with van der Waals surface area (Å²) < 4.78 is 4.57. The van der Waals surface area contributed by atoms with Crippen LogP contribution in [0, 0.1) is 0 Å². The molecule has 0 bridgehead atoms. The maximum Gasteiger partial charge on any atom is 0.308 e. The Hall–Kier alpha value is -1.59. The van der Waals surface area contributed by atoms with Crippen LogP contribution in [0.1, 0.15) is 12.8 Å². The highest BCUT2D eigenvalue weighted by molar-refractivity contribution is 5.83. The smallest absolute Gasteiger partial charge is 0.308 e. The molecule has 0 aromatic carbocycles. The van der Waals surface area contributed by atoms with Gasteiger partial charge in [0.2, 0.25) is 0 Å². The molecule has 6 heteroatoms. The SMILES string of the molecule is O=C(O)CCN1CCC(=O)OCC1=O. The van der Waals surface area contributed by atoms with Gasteiger partial charge in [0.1, 0.15) is 0 Å². The molecule has 0 atom stereocenters. The molecule has 0 radical (unpaired) electrons. The van der Waals surface area contributed by atoms with E-state index in [2.05, 4.69) is 4.74 Å². The monoisotopic (exact) mass is 201 g/mol. The van der Waals surface area contributed by atoms with E-state index >= 15 is 0 Å². The number of cyclic esters (lactones) is 1. The molecule has 0 aromatic rings. The van der Waals surface area contributed by atoms with Crippen LogP contribution in [-0.4, -0.2) is 47.5 Å². The standard InChI is InChI=1S/C8H11NO5/c10-6-5-14-8(13)2-4-9(6)3-1-7(11)12/h1-5H2,(H,11,12). The van der Waals surface area contributed by atoms with Crippen LogP contribution in [0.5, 0.6) is 0 Å². The highest BCUT2D eigenvalue weighted by Crippen LogP contribution is 2.02. The van der Waals surface area contributed by atoms with Gasteiger partial charge in [-0.1, -0.05) is 0 Å². The van der Waals surface area contributed by atoms with E-state index < -0.39 is 11.9 Å². The average Bonchev–Trinajstić information content (AvgIpc) is 2.27. The number of hydrogen-bond donors (Lipinski definition) is 1. The minimum atomic E-state index is -0.964. The molecule has 6 nitrogen and oxygen atoms in total. The van der Waals surface area contributed by atoms with Crippen LogP contribution in [0.25, 0.3) is 0 Å². The van der Waals surface area contributed by atoms with E-state index in [1.54, 1.807) is 0 Å². The number of amides is 1. The molecule has 1 N–H and O–H groups in total. The second-order valence-electron chi connectivity index (χ2n) is 2.94. The summed E-state index contributed by atoms with van der Waals surface area (Å²) in [5, 5.41) is 8.42. The number of ether oxygens (including phenoxy) is 1. The number of aliphatic carboxylic acids is 1. The van der Waals surface area contributed by atoms with Gasteiger partial charge in [-0.25, -0.2) is 0 Å². The summed E-state index contributed by atoms with van der Waals surface area (Å²) in [6.07, 6.45) is 0.0191. The zero-order valence-electron chi connectivity index (χ0n) is 7.56. The van der Waals surface area contributed by atoms with Crippen LogP contribution in [0.3, 0.4) is 0 Å². The van der Waals surface area contributed by atoms with Gasteiger partial charge in [-0.15, -0.1) is 0 Å².